The Morgan fingerprint density at radius 1 is 1.29 bits per heavy atom. The Balaban J connectivity index is 2.14. The van der Waals surface area contributed by atoms with Gasteiger partial charge in [-0.2, -0.15) is 0 Å². The first-order chi connectivity index (χ1) is 9.58. The molecule has 0 saturated carbocycles. The Kier molecular flexibility index (Phi) is 4.72. The third-order valence-corrected chi connectivity index (χ3v) is 4.52. The highest BCUT2D eigenvalue weighted by atomic mass is 79.9. The molecule has 0 bridgehead atoms. The van der Waals surface area contributed by atoms with Crippen LogP contribution in [0.4, 0.5) is 0 Å². The summed E-state index contributed by atoms with van der Waals surface area (Å²) in [7, 11) is 0. The summed E-state index contributed by atoms with van der Waals surface area (Å²) in [5, 5.41) is 7.22. The van der Waals surface area contributed by atoms with Crippen molar-refractivity contribution in [3.63, 3.8) is 0 Å². The van der Waals surface area contributed by atoms with E-state index in [1.165, 1.54) is 0 Å². The second-order valence-electron chi connectivity index (χ2n) is 7.10. The van der Waals surface area contributed by atoms with Crippen molar-refractivity contribution in [2.75, 3.05) is 0 Å². The van der Waals surface area contributed by atoms with Crippen molar-refractivity contribution in [3.05, 3.63) is 33.3 Å². The smallest absolute Gasteiger partial charge is 0.253 e. The van der Waals surface area contributed by atoms with Crippen molar-refractivity contribution in [1.82, 2.24) is 10.6 Å². The molecule has 1 aliphatic rings. The molecule has 0 radical (unpaired) electrons. The third kappa shape index (κ3) is 4.44. The molecule has 21 heavy (non-hydrogen) atoms. The van der Waals surface area contributed by atoms with Crippen molar-refractivity contribution in [2.45, 2.75) is 57.7 Å². The number of hydrogen-bond acceptors (Lipinski definition) is 2. The van der Waals surface area contributed by atoms with E-state index in [0.717, 1.165) is 17.3 Å². The molecule has 3 nitrogen and oxygen atoms in total. The minimum absolute atomic E-state index is 0.000756. The molecule has 0 aliphatic carbocycles. The highest BCUT2D eigenvalue weighted by Crippen LogP contribution is 2.29. The Morgan fingerprint density at radius 3 is 2.43 bits per heavy atom. The van der Waals surface area contributed by atoms with Crippen LogP contribution in [0.5, 0.6) is 0 Å². The molecule has 1 saturated heterocycles. The first-order valence-corrected chi connectivity index (χ1v) is 8.30. The van der Waals surface area contributed by atoms with Gasteiger partial charge >= 0.3 is 0 Å². The van der Waals surface area contributed by atoms with Gasteiger partial charge in [0.1, 0.15) is 0 Å². The molecule has 1 fully saturated rings. The van der Waals surface area contributed by atoms with Crippen LogP contribution in [0.3, 0.4) is 0 Å². The fourth-order valence-corrected chi connectivity index (χ4v) is 3.92. The molecule has 2 N–H and O–H groups in total. The number of halogens is 2. The summed E-state index contributed by atoms with van der Waals surface area (Å²) in [5.41, 5.74) is 0.516. The molecule has 0 aromatic heterocycles. The molecule has 2 rings (SSSR count). The Morgan fingerprint density at radius 2 is 1.86 bits per heavy atom. The van der Waals surface area contributed by atoms with Crippen molar-refractivity contribution in [3.8, 4) is 0 Å². The molecule has 5 heteroatoms. The summed E-state index contributed by atoms with van der Waals surface area (Å²) in [5.74, 6) is -0.111. The fourth-order valence-electron chi connectivity index (χ4n) is 3.36. The normalized spacial score (nSPS) is 21.0. The van der Waals surface area contributed by atoms with Gasteiger partial charge in [0.15, 0.2) is 0 Å². The van der Waals surface area contributed by atoms with Gasteiger partial charge in [0.05, 0.1) is 10.6 Å². The topological polar surface area (TPSA) is 41.1 Å². The standard InChI is InChI=1S/C16H22BrClN2O/c1-15(2)8-11(9-16(3,4)20-15)19-14(21)12-7-10(17)5-6-13(12)18/h5-7,11,20H,8-9H2,1-4H3,(H,19,21). The second kappa shape index (κ2) is 5.90. The fraction of sp³-hybridized carbons (Fsp3) is 0.562. The van der Waals surface area contributed by atoms with E-state index in [-0.39, 0.29) is 23.0 Å². The lowest BCUT2D eigenvalue weighted by Crippen LogP contribution is -2.62. The Labute approximate surface area is 140 Å². The van der Waals surface area contributed by atoms with Gasteiger partial charge in [-0.05, 0) is 58.7 Å². The summed E-state index contributed by atoms with van der Waals surface area (Å²) < 4.78 is 0.850. The largest absolute Gasteiger partial charge is 0.349 e. The number of nitrogens with one attached hydrogen (secondary N) is 2. The van der Waals surface area contributed by atoms with Crippen molar-refractivity contribution in [2.24, 2.45) is 0 Å². The molecule has 1 aromatic rings. The van der Waals surface area contributed by atoms with Crippen LogP contribution in [0.25, 0.3) is 0 Å². The second-order valence-corrected chi connectivity index (χ2v) is 8.42. The molecule has 0 spiro atoms. The molecule has 1 heterocycles. The first kappa shape index (κ1) is 16.8. The Hall–Kier alpha value is -0.580. The van der Waals surface area contributed by atoms with E-state index in [2.05, 4.69) is 54.3 Å². The lowest BCUT2D eigenvalue weighted by molar-refractivity contribution is 0.0873. The van der Waals surface area contributed by atoms with Crippen molar-refractivity contribution in [1.29, 1.82) is 0 Å². The zero-order chi connectivity index (χ0) is 15.8. The monoisotopic (exact) mass is 372 g/mol. The van der Waals surface area contributed by atoms with Gasteiger partial charge in [-0.15, -0.1) is 0 Å². The SMILES string of the molecule is CC1(C)CC(NC(=O)c2cc(Br)ccc2Cl)CC(C)(C)N1. The van der Waals surface area contributed by atoms with E-state index >= 15 is 0 Å². The quantitative estimate of drug-likeness (QED) is 0.818. The summed E-state index contributed by atoms with van der Waals surface area (Å²) in [6, 6.07) is 5.46. The van der Waals surface area contributed by atoms with Crippen LogP contribution in [-0.2, 0) is 0 Å². The first-order valence-electron chi connectivity index (χ1n) is 7.13. The third-order valence-electron chi connectivity index (χ3n) is 3.70. The molecule has 1 aliphatic heterocycles. The van der Waals surface area contributed by atoms with Gasteiger partial charge in [0, 0.05) is 21.6 Å². The van der Waals surface area contributed by atoms with Crippen LogP contribution in [0.15, 0.2) is 22.7 Å². The van der Waals surface area contributed by atoms with Gasteiger partial charge in [0.25, 0.3) is 5.91 Å². The predicted octanol–water partition coefficient (Wildman–Crippen LogP) is 4.14. The van der Waals surface area contributed by atoms with Crippen molar-refractivity contribution < 1.29 is 4.79 Å². The number of carbonyl (C=O) groups excluding carboxylic acids is 1. The maximum Gasteiger partial charge on any atom is 0.253 e. The molecule has 1 amide bonds. The minimum atomic E-state index is -0.111. The highest BCUT2D eigenvalue weighted by molar-refractivity contribution is 9.10. The number of hydrogen-bond donors (Lipinski definition) is 2. The minimum Gasteiger partial charge on any atom is -0.349 e. The molecular formula is C16H22BrClN2O. The summed E-state index contributed by atoms with van der Waals surface area (Å²) >= 11 is 9.50. The number of rotatable bonds is 2. The molecule has 1 aromatic carbocycles. The summed E-state index contributed by atoms with van der Waals surface area (Å²) in [6.45, 7) is 8.66. The number of benzene rings is 1. The van der Waals surface area contributed by atoms with E-state index in [4.69, 9.17) is 11.6 Å². The molecule has 0 unspecified atom stereocenters. The van der Waals surface area contributed by atoms with Crippen LogP contribution >= 0.6 is 27.5 Å². The number of amides is 1. The average Bonchev–Trinajstić information content (AvgIpc) is 2.27. The van der Waals surface area contributed by atoms with Crippen LogP contribution in [-0.4, -0.2) is 23.0 Å². The van der Waals surface area contributed by atoms with E-state index in [9.17, 15) is 4.79 Å². The van der Waals surface area contributed by atoms with E-state index in [1.807, 2.05) is 6.07 Å². The number of piperidine rings is 1. The van der Waals surface area contributed by atoms with Gasteiger partial charge < -0.3 is 10.6 Å². The van der Waals surface area contributed by atoms with Crippen LogP contribution in [0.1, 0.15) is 50.9 Å². The average molecular weight is 374 g/mol. The van der Waals surface area contributed by atoms with E-state index < -0.39 is 0 Å². The zero-order valence-electron chi connectivity index (χ0n) is 12.9. The maximum atomic E-state index is 12.5. The molecule has 116 valence electrons. The van der Waals surface area contributed by atoms with Gasteiger partial charge in [0.2, 0.25) is 0 Å². The van der Waals surface area contributed by atoms with Crippen LogP contribution in [0, 0.1) is 0 Å². The van der Waals surface area contributed by atoms with Crippen molar-refractivity contribution >= 4 is 33.4 Å². The number of carbonyl (C=O) groups is 1. The van der Waals surface area contributed by atoms with Crippen LogP contribution < -0.4 is 10.6 Å². The van der Waals surface area contributed by atoms with Gasteiger partial charge in [-0.1, -0.05) is 27.5 Å². The van der Waals surface area contributed by atoms with E-state index in [0.29, 0.717) is 10.6 Å². The van der Waals surface area contributed by atoms with Gasteiger partial charge in [-0.25, -0.2) is 0 Å². The van der Waals surface area contributed by atoms with E-state index in [1.54, 1.807) is 12.1 Å². The lowest BCUT2D eigenvalue weighted by atomic mass is 9.79. The molecular weight excluding hydrogens is 352 g/mol. The van der Waals surface area contributed by atoms with Gasteiger partial charge in [-0.3, -0.25) is 4.79 Å². The highest BCUT2D eigenvalue weighted by Gasteiger charge is 2.38. The predicted molar refractivity (Wildman–Crippen MR) is 90.9 cm³/mol. The van der Waals surface area contributed by atoms with Crippen LogP contribution in [0.2, 0.25) is 5.02 Å². The summed E-state index contributed by atoms with van der Waals surface area (Å²) in [4.78, 5) is 12.5. The summed E-state index contributed by atoms with van der Waals surface area (Å²) in [6.07, 6.45) is 1.79. The maximum absolute atomic E-state index is 12.5. The zero-order valence-corrected chi connectivity index (χ0v) is 15.2. The lowest BCUT2D eigenvalue weighted by Gasteiger charge is -2.46. The molecule has 0 atom stereocenters. The Bertz CT molecular complexity index is 541.